The third-order valence-electron chi connectivity index (χ3n) is 2.49. The van der Waals surface area contributed by atoms with E-state index in [1.807, 2.05) is 0 Å². The van der Waals surface area contributed by atoms with Gasteiger partial charge in [0.25, 0.3) is 0 Å². The van der Waals surface area contributed by atoms with Crippen LogP contribution in [0.3, 0.4) is 0 Å². The molecule has 0 aromatic carbocycles. The van der Waals surface area contributed by atoms with Gasteiger partial charge in [0.05, 0.1) is 17.8 Å². The molecule has 0 aliphatic rings. The summed E-state index contributed by atoms with van der Waals surface area (Å²) < 4.78 is 39.4. The Bertz CT molecular complexity index is 580. The zero-order valence-electron chi connectivity index (χ0n) is 9.87. The van der Waals surface area contributed by atoms with Crippen LogP contribution in [0.25, 0.3) is 0 Å². The largest absolute Gasteiger partial charge is 0.416 e. The normalized spacial score (nSPS) is 11.6. The fraction of sp³-hybridized carbons (Fsp3) is 0.273. The van der Waals surface area contributed by atoms with E-state index in [1.54, 1.807) is 24.0 Å². The van der Waals surface area contributed by atoms with E-state index >= 15 is 0 Å². The van der Waals surface area contributed by atoms with Crippen molar-refractivity contribution >= 4 is 17.4 Å². The van der Waals surface area contributed by atoms with Crippen molar-refractivity contribution in [1.82, 2.24) is 14.8 Å². The summed E-state index contributed by atoms with van der Waals surface area (Å²) in [6, 6.07) is 3.46. The summed E-state index contributed by atoms with van der Waals surface area (Å²) in [6.45, 7) is 0.307. The summed E-state index contributed by atoms with van der Waals surface area (Å²) in [5.41, 5.74) is -0.0182. The molecule has 0 saturated heterocycles. The van der Waals surface area contributed by atoms with E-state index in [-0.39, 0.29) is 11.0 Å². The van der Waals surface area contributed by atoms with Gasteiger partial charge in [-0.2, -0.15) is 18.3 Å². The standard InChI is InChI=1S/C11H10ClF3N4/c1-19-8(2-3-17-19)6-16-10-5-7(11(13,14)15)4-9(12)18-10/h2-5H,6H2,1H3,(H,16,18). The third-order valence-corrected chi connectivity index (χ3v) is 2.69. The number of aromatic nitrogens is 3. The van der Waals surface area contributed by atoms with E-state index in [0.717, 1.165) is 17.8 Å². The summed E-state index contributed by atoms with van der Waals surface area (Å²) in [5, 5.41) is 6.53. The first-order chi connectivity index (χ1) is 8.86. The van der Waals surface area contributed by atoms with Crippen molar-refractivity contribution in [3.05, 3.63) is 40.8 Å². The summed E-state index contributed by atoms with van der Waals surface area (Å²) >= 11 is 5.58. The van der Waals surface area contributed by atoms with Crippen LogP contribution in [0.4, 0.5) is 19.0 Å². The Labute approximate surface area is 112 Å². The summed E-state index contributed by atoms with van der Waals surface area (Å²) in [7, 11) is 1.74. The molecular weight excluding hydrogens is 281 g/mol. The molecule has 0 spiro atoms. The molecule has 0 fully saturated rings. The van der Waals surface area contributed by atoms with Gasteiger partial charge in [0.1, 0.15) is 11.0 Å². The van der Waals surface area contributed by atoms with Crippen molar-refractivity contribution < 1.29 is 13.2 Å². The van der Waals surface area contributed by atoms with E-state index in [0.29, 0.717) is 6.54 Å². The molecule has 0 aliphatic carbocycles. The Kier molecular flexibility index (Phi) is 3.66. The molecule has 102 valence electrons. The maximum Gasteiger partial charge on any atom is 0.416 e. The van der Waals surface area contributed by atoms with Crippen molar-refractivity contribution in [1.29, 1.82) is 0 Å². The van der Waals surface area contributed by atoms with Gasteiger partial charge >= 0.3 is 6.18 Å². The number of pyridine rings is 1. The topological polar surface area (TPSA) is 42.7 Å². The van der Waals surface area contributed by atoms with Crippen LogP contribution < -0.4 is 5.32 Å². The predicted octanol–water partition coefficient (Wildman–Crippen LogP) is 3.10. The molecule has 19 heavy (non-hydrogen) atoms. The van der Waals surface area contributed by atoms with E-state index in [1.165, 1.54) is 0 Å². The monoisotopic (exact) mass is 290 g/mol. The molecule has 2 aromatic heterocycles. The molecule has 0 amide bonds. The molecule has 1 N–H and O–H groups in total. The Morgan fingerprint density at radius 2 is 2.11 bits per heavy atom. The second-order valence-electron chi connectivity index (χ2n) is 3.86. The molecule has 0 atom stereocenters. The quantitative estimate of drug-likeness (QED) is 0.883. The number of halogens is 4. The summed E-state index contributed by atoms with van der Waals surface area (Å²) in [5.74, 6) is 0.0704. The third kappa shape index (κ3) is 3.37. The van der Waals surface area contributed by atoms with Crippen molar-refractivity contribution in [2.75, 3.05) is 5.32 Å². The molecule has 0 bridgehead atoms. The second kappa shape index (κ2) is 5.08. The maximum absolute atomic E-state index is 12.6. The Balaban J connectivity index is 2.17. The van der Waals surface area contributed by atoms with Gasteiger partial charge in [-0.1, -0.05) is 11.6 Å². The van der Waals surface area contributed by atoms with Gasteiger partial charge in [0.2, 0.25) is 0 Å². The lowest BCUT2D eigenvalue weighted by atomic mass is 10.2. The first-order valence-electron chi connectivity index (χ1n) is 5.32. The Morgan fingerprint density at radius 3 is 2.68 bits per heavy atom. The number of hydrogen-bond donors (Lipinski definition) is 1. The van der Waals surface area contributed by atoms with Crippen LogP contribution in [0.2, 0.25) is 5.15 Å². The predicted molar refractivity (Wildman–Crippen MR) is 64.8 cm³/mol. The van der Waals surface area contributed by atoms with Gasteiger partial charge in [0, 0.05) is 13.2 Å². The molecule has 2 rings (SSSR count). The molecule has 2 heterocycles. The van der Waals surface area contributed by atoms with Crippen LogP contribution in [0.5, 0.6) is 0 Å². The number of alkyl halides is 3. The molecular formula is C11H10ClF3N4. The number of aryl methyl sites for hydroxylation is 1. The summed E-state index contributed by atoms with van der Waals surface area (Å²) in [4.78, 5) is 3.80. The fourth-order valence-electron chi connectivity index (χ4n) is 1.51. The van der Waals surface area contributed by atoms with Crippen LogP contribution in [-0.2, 0) is 19.8 Å². The second-order valence-corrected chi connectivity index (χ2v) is 4.25. The van der Waals surface area contributed by atoms with Gasteiger partial charge < -0.3 is 5.32 Å². The number of rotatable bonds is 3. The van der Waals surface area contributed by atoms with E-state index in [4.69, 9.17) is 11.6 Å². The van der Waals surface area contributed by atoms with Crippen LogP contribution in [0.15, 0.2) is 24.4 Å². The molecule has 0 aliphatic heterocycles. The van der Waals surface area contributed by atoms with Gasteiger partial charge in [-0.15, -0.1) is 0 Å². The van der Waals surface area contributed by atoms with Crippen molar-refractivity contribution in [2.24, 2.45) is 7.05 Å². The molecule has 0 saturated carbocycles. The number of anilines is 1. The van der Waals surface area contributed by atoms with Gasteiger partial charge in [-0.3, -0.25) is 4.68 Å². The minimum absolute atomic E-state index is 0.0704. The minimum atomic E-state index is -4.45. The van der Waals surface area contributed by atoms with Crippen molar-refractivity contribution in [3.63, 3.8) is 0 Å². The highest BCUT2D eigenvalue weighted by Crippen LogP contribution is 2.31. The highest BCUT2D eigenvalue weighted by atomic mass is 35.5. The molecule has 4 nitrogen and oxygen atoms in total. The lowest BCUT2D eigenvalue weighted by molar-refractivity contribution is -0.137. The zero-order chi connectivity index (χ0) is 14.0. The van der Waals surface area contributed by atoms with Crippen LogP contribution >= 0.6 is 11.6 Å². The summed E-state index contributed by atoms with van der Waals surface area (Å²) in [6.07, 6.45) is -2.85. The number of nitrogens with zero attached hydrogens (tertiary/aromatic N) is 3. The van der Waals surface area contributed by atoms with E-state index in [9.17, 15) is 13.2 Å². The first kappa shape index (κ1) is 13.7. The highest BCUT2D eigenvalue weighted by Gasteiger charge is 2.31. The smallest absolute Gasteiger partial charge is 0.364 e. The lowest BCUT2D eigenvalue weighted by Gasteiger charge is -2.10. The molecule has 2 aromatic rings. The SMILES string of the molecule is Cn1nccc1CNc1cc(C(F)(F)F)cc(Cl)n1. The Morgan fingerprint density at radius 1 is 1.37 bits per heavy atom. The van der Waals surface area contributed by atoms with E-state index in [2.05, 4.69) is 15.4 Å². The molecule has 8 heteroatoms. The minimum Gasteiger partial charge on any atom is -0.364 e. The average Bonchev–Trinajstić information content (AvgIpc) is 2.70. The molecule has 0 unspecified atom stereocenters. The highest BCUT2D eigenvalue weighted by molar-refractivity contribution is 6.29. The van der Waals surface area contributed by atoms with Crippen LogP contribution in [0, 0.1) is 0 Å². The van der Waals surface area contributed by atoms with Crippen molar-refractivity contribution in [2.45, 2.75) is 12.7 Å². The van der Waals surface area contributed by atoms with Crippen LogP contribution in [0.1, 0.15) is 11.3 Å². The first-order valence-corrected chi connectivity index (χ1v) is 5.69. The lowest BCUT2D eigenvalue weighted by Crippen LogP contribution is -2.10. The number of nitrogens with one attached hydrogen (secondary N) is 1. The van der Waals surface area contributed by atoms with Crippen LogP contribution in [-0.4, -0.2) is 14.8 Å². The Hall–Kier alpha value is -1.76. The zero-order valence-corrected chi connectivity index (χ0v) is 10.6. The number of hydrogen-bond acceptors (Lipinski definition) is 3. The van der Waals surface area contributed by atoms with E-state index < -0.39 is 11.7 Å². The van der Waals surface area contributed by atoms with Crippen molar-refractivity contribution in [3.8, 4) is 0 Å². The fourth-order valence-corrected chi connectivity index (χ4v) is 1.72. The maximum atomic E-state index is 12.6. The van der Waals surface area contributed by atoms with Gasteiger partial charge in [0.15, 0.2) is 0 Å². The van der Waals surface area contributed by atoms with Gasteiger partial charge in [-0.05, 0) is 18.2 Å². The van der Waals surface area contributed by atoms with Gasteiger partial charge in [-0.25, -0.2) is 4.98 Å². The molecule has 0 radical (unpaired) electrons. The average molecular weight is 291 g/mol.